The van der Waals surface area contributed by atoms with E-state index in [1.807, 2.05) is 11.0 Å². The number of fused-ring (bicyclic) bond motifs is 1. The molecule has 0 aliphatic carbocycles. The molecule has 0 spiro atoms. The summed E-state index contributed by atoms with van der Waals surface area (Å²) in [6, 6.07) is 0. The summed E-state index contributed by atoms with van der Waals surface area (Å²) >= 11 is 0. The molecular formula is C7H6N2OS. The highest BCUT2D eigenvalue weighted by atomic mass is 32.2. The second-order valence-corrected chi connectivity index (χ2v) is 3.31. The molecule has 11 heavy (non-hydrogen) atoms. The molecule has 0 aromatic carbocycles. The van der Waals surface area contributed by atoms with E-state index >= 15 is 0 Å². The second-order valence-electron chi connectivity index (χ2n) is 2.14. The highest BCUT2D eigenvalue weighted by molar-refractivity contribution is 7.90. The van der Waals surface area contributed by atoms with Crippen LogP contribution >= 0.6 is 0 Å². The number of hydrogen-bond acceptors (Lipinski definition) is 3. The van der Waals surface area contributed by atoms with E-state index in [1.165, 1.54) is 0 Å². The van der Waals surface area contributed by atoms with E-state index in [1.54, 1.807) is 29.6 Å². The lowest BCUT2D eigenvalue weighted by Gasteiger charge is -2.19. The molecule has 2 aliphatic heterocycles. The van der Waals surface area contributed by atoms with E-state index in [0.29, 0.717) is 0 Å². The molecule has 0 amide bonds. The standard InChI is InChI=1S/C7H6N2OS/c10-11-4-3-9-6-8-2-1-7(9)5-11/h1-6H. The zero-order chi connectivity index (χ0) is 7.68. The van der Waals surface area contributed by atoms with Crippen molar-refractivity contribution >= 4 is 17.1 Å². The van der Waals surface area contributed by atoms with E-state index in [9.17, 15) is 4.21 Å². The normalized spacial score (nSPS) is 26.7. The van der Waals surface area contributed by atoms with Gasteiger partial charge in [0.15, 0.2) is 0 Å². The Morgan fingerprint density at radius 1 is 1.55 bits per heavy atom. The van der Waals surface area contributed by atoms with Crippen molar-refractivity contribution in [2.24, 2.45) is 4.99 Å². The maximum absolute atomic E-state index is 11.0. The van der Waals surface area contributed by atoms with Gasteiger partial charge in [0.05, 0.1) is 22.8 Å². The minimum atomic E-state index is -0.956. The third-order valence-electron chi connectivity index (χ3n) is 1.41. The Bertz CT molecular complexity index is 314. The van der Waals surface area contributed by atoms with Gasteiger partial charge in [0.2, 0.25) is 0 Å². The molecule has 2 rings (SSSR count). The van der Waals surface area contributed by atoms with Crippen molar-refractivity contribution in [2.45, 2.75) is 0 Å². The zero-order valence-corrected chi connectivity index (χ0v) is 6.49. The number of nitrogens with zero attached hydrogens (tertiary/aromatic N) is 2. The monoisotopic (exact) mass is 166 g/mol. The summed E-state index contributed by atoms with van der Waals surface area (Å²) in [6.07, 6.45) is 6.93. The van der Waals surface area contributed by atoms with Gasteiger partial charge < -0.3 is 4.90 Å². The summed E-state index contributed by atoms with van der Waals surface area (Å²) in [5.74, 6) is 0. The van der Waals surface area contributed by atoms with Crippen LogP contribution in [0.4, 0.5) is 0 Å². The first-order chi connectivity index (χ1) is 5.36. The lowest BCUT2D eigenvalue weighted by Crippen LogP contribution is -2.17. The van der Waals surface area contributed by atoms with Gasteiger partial charge in [-0.3, -0.25) is 4.21 Å². The van der Waals surface area contributed by atoms with Crippen molar-refractivity contribution in [2.75, 3.05) is 0 Å². The lowest BCUT2D eigenvalue weighted by molar-refractivity contribution is 0.684. The Morgan fingerprint density at radius 2 is 2.45 bits per heavy atom. The minimum absolute atomic E-state index is 0.917. The second kappa shape index (κ2) is 2.47. The molecule has 0 saturated heterocycles. The van der Waals surface area contributed by atoms with Crippen LogP contribution < -0.4 is 0 Å². The molecule has 2 aliphatic rings. The van der Waals surface area contributed by atoms with Crippen LogP contribution in [0.15, 0.2) is 40.0 Å². The Balaban J connectivity index is 2.39. The van der Waals surface area contributed by atoms with Crippen LogP contribution in [0.5, 0.6) is 0 Å². The maximum Gasteiger partial charge on any atom is 0.0990 e. The third-order valence-corrected chi connectivity index (χ3v) is 2.28. The van der Waals surface area contributed by atoms with E-state index in [4.69, 9.17) is 0 Å². The van der Waals surface area contributed by atoms with Crippen LogP contribution in [0.3, 0.4) is 0 Å². The smallest absolute Gasteiger partial charge is 0.0990 e. The lowest BCUT2D eigenvalue weighted by atomic mass is 10.4. The molecule has 0 aromatic heterocycles. The molecule has 56 valence electrons. The SMILES string of the molecule is O=S1C=CN2C=NC=CC2=C1. The van der Waals surface area contributed by atoms with E-state index in [2.05, 4.69) is 4.99 Å². The van der Waals surface area contributed by atoms with Crippen LogP contribution in [-0.4, -0.2) is 15.4 Å². The van der Waals surface area contributed by atoms with Gasteiger partial charge >= 0.3 is 0 Å². The predicted molar refractivity (Wildman–Crippen MR) is 44.8 cm³/mol. The average Bonchev–Trinajstić information content (AvgIpc) is 2.04. The molecular weight excluding hydrogens is 160 g/mol. The number of hydrogen-bond donors (Lipinski definition) is 0. The fourth-order valence-corrected chi connectivity index (χ4v) is 1.66. The Labute approximate surface area is 66.9 Å². The predicted octanol–water partition coefficient (Wildman–Crippen LogP) is 0.919. The van der Waals surface area contributed by atoms with Crippen LogP contribution in [0.25, 0.3) is 0 Å². The molecule has 3 nitrogen and oxygen atoms in total. The largest absolute Gasteiger partial charge is 0.307 e. The van der Waals surface area contributed by atoms with Gasteiger partial charge in [-0.15, -0.1) is 0 Å². The molecule has 0 fully saturated rings. The number of allylic oxidation sites excluding steroid dienone is 1. The van der Waals surface area contributed by atoms with Crippen molar-refractivity contribution < 1.29 is 4.21 Å². The van der Waals surface area contributed by atoms with Gasteiger partial charge in [-0.25, -0.2) is 4.99 Å². The molecule has 0 aromatic rings. The van der Waals surface area contributed by atoms with Gasteiger partial charge in [-0.05, 0) is 6.08 Å². The number of rotatable bonds is 0. The van der Waals surface area contributed by atoms with Crippen molar-refractivity contribution in [3.63, 3.8) is 0 Å². The third kappa shape index (κ3) is 1.17. The Kier molecular flexibility index (Phi) is 1.47. The van der Waals surface area contributed by atoms with Crippen LogP contribution in [-0.2, 0) is 10.8 Å². The highest BCUT2D eigenvalue weighted by Crippen LogP contribution is 2.14. The summed E-state index contributed by atoms with van der Waals surface area (Å²) in [7, 11) is -0.956. The summed E-state index contributed by atoms with van der Waals surface area (Å²) < 4.78 is 11.0. The molecule has 2 heterocycles. The van der Waals surface area contributed by atoms with Gasteiger partial charge in [0.25, 0.3) is 0 Å². The molecule has 0 N–H and O–H groups in total. The first-order valence-electron chi connectivity index (χ1n) is 3.14. The minimum Gasteiger partial charge on any atom is -0.307 e. The van der Waals surface area contributed by atoms with Gasteiger partial charge in [0.1, 0.15) is 0 Å². The summed E-state index contributed by atoms with van der Waals surface area (Å²) in [5, 5.41) is 3.30. The van der Waals surface area contributed by atoms with Gasteiger partial charge in [-0.1, -0.05) is 0 Å². The van der Waals surface area contributed by atoms with E-state index < -0.39 is 10.8 Å². The quantitative estimate of drug-likeness (QED) is 0.536. The molecule has 1 unspecified atom stereocenters. The topological polar surface area (TPSA) is 32.7 Å². The highest BCUT2D eigenvalue weighted by Gasteiger charge is 2.09. The fourth-order valence-electron chi connectivity index (χ4n) is 0.891. The van der Waals surface area contributed by atoms with Gasteiger partial charge in [0, 0.05) is 23.2 Å². The zero-order valence-electron chi connectivity index (χ0n) is 5.68. The van der Waals surface area contributed by atoms with Crippen LogP contribution in [0.1, 0.15) is 0 Å². The molecule has 0 radical (unpaired) electrons. The first-order valence-corrected chi connectivity index (χ1v) is 4.41. The number of aliphatic imine (C=N–C) groups is 1. The van der Waals surface area contributed by atoms with Gasteiger partial charge in [-0.2, -0.15) is 0 Å². The summed E-state index contributed by atoms with van der Waals surface area (Å²) in [5.41, 5.74) is 0.917. The van der Waals surface area contributed by atoms with E-state index in [-0.39, 0.29) is 0 Å². The van der Waals surface area contributed by atoms with Crippen molar-refractivity contribution in [3.8, 4) is 0 Å². The van der Waals surface area contributed by atoms with Crippen molar-refractivity contribution in [3.05, 3.63) is 35.0 Å². The Hall–Kier alpha value is -1.16. The molecule has 0 bridgehead atoms. The maximum atomic E-state index is 11.0. The first kappa shape index (κ1) is 6.54. The van der Waals surface area contributed by atoms with Crippen molar-refractivity contribution in [1.82, 2.24) is 4.90 Å². The summed E-state index contributed by atoms with van der Waals surface area (Å²) in [6.45, 7) is 0. The van der Waals surface area contributed by atoms with E-state index in [0.717, 1.165) is 5.70 Å². The molecule has 4 heteroatoms. The average molecular weight is 166 g/mol. The van der Waals surface area contributed by atoms with Crippen molar-refractivity contribution in [1.29, 1.82) is 0 Å². The Morgan fingerprint density at radius 3 is 3.36 bits per heavy atom. The molecule has 0 saturated carbocycles. The summed E-state index contributed by atoms with van der Waals surface area (Å²) in [4.78, 5) is 5.74. The fraction of sp³-hybridized carbons (Fsp3) is 0. The van der Waals surface area contributed by atoms with Crippen LogP contribution in [0.2, 0.25) is 0 Å². The van der Waals surface area contributed by atoms with Crippen LogP contribution in [0, 0.1) is 0 Å². The molecule has 1 atom stereocenters.